The van der Waals surface area contributed by atoms with Crippen molar-refractivity contribution in [3.8, 4) is 5.69 Å². The molecule has 0 bridgehead atoms. The zero-order chi connectivity index (χ0) is 18.4. The number of rotatable bonds is 6. The van der Waals surface area contributed by atoms with E-state index in [1.165, 1.54) is 9.75 Å². The van der Waals surface area contributed by atoms with Gasteiger partial charge in [0.25, 0.3) is 0 Å². The number of nitrogens with one attached hydrogen (secondary N) is 2. The lowest BCUT2D eigenvalue weighted by Gasteiger charge is -2.17. The summed E-state index contributed by atoms with van der Waals surface area (Å²) in [6.45, 7) is 4.94. The third-order valence-electron chi connectivity index (χ3n) is 4.01. The monoisotopic (exact) mass is 495 g/mol. The number of hydrogen-bond donors (Lipinski definition) is 2. The maximum atomic E-state index is 4.61. The van der Waals surface area contributed by atoms with Crippen molar-refractivity contribution in [2.24, 2.45) is 4.99 Å². The molecule has 5 nitrogen and oxygen atoms in total. The second-order valence-corrected chi connectivity index (χ2v) is 7.65. The van der Waals surface area contributed by atoms with Crippen LogP contribution in [0.5, 0.6) is 0 Å². The van der Waals surface area contributed by atoms with E-state index in [1.54, 1.807) is 7.05 Å². The summed E-state index contributed by atoms with van der Waals surface area (Å²) in [5, 5.41) is 11.4. The molecule has 3 rings (SSSR count). The molecular formula is C20H26IN5S. The lowest BCUT2D eigenvalue weighted by atomic mass is 10.2. The summed E-state index contributed by atoms with van der Waals surface area (Å²) in [6.07, 6.45) is 2.96. The van der Waals surface area contributed by atoms with Gasteiger partial charge >= 0.3 is 0 Å². The third kappa shape index (κ3) is 6.35. The van der Waals surface area contributed by atoms with Gasteiger partial charge in [0.15, 0.2) is 5.96 Å². The smallest absolute Gasteiger partial charge is 0.191 e. The van der Waals surface area contributed by atoms with Crippen molar-refractivity contribution in [1.82, 2.24) is 20.4 Å². The van der Waals surface area contributed by atoms with Crippen LogP contribution in [0.1, 0.15) is 22.4 Å². The van der Waals surface area contributed by atoms with Gasteiger partial charge in [0, 0.05) is 35.5 Å². The van der Waals surface area contributed by atoms with Crippen molar-refractivity contribution < 1.29 is 0 Å². The minimum Gasteiger partial charge on any atom is -0.354 e. The van der Waals surface area contributed by atoms with Gasteiger partial charge in [-0.3, -0.25) is 4.99 Å². The molecule has 1 atom stereocenters. The Kier molecular flexibility index (Phi) is 8.30. The number of aromatic nitrogens is 2. The van der Waals surface area contributed by atoms with Gasteiger partial charge in [-0.1, -0.05) is 18.2 Å². The van der Waals surface area contributed by atoms with Crippen LogP contribution in [0.4, 0.5) is 0 Å². The number of thiophene rings is 1. The van der Waals surface area contributed by atoms with E-state index in [2.05, 4.69) is 46.7 Å². The molecule has 1 unspecified atom stereocenters. The zero-order valence-electron chi connectivity index (χ0n) is 15.8. The highest BCUT2D eigenvalue weighted by atomic mass is 127. The standard InChI is InChI=1S/C20H25N5S.HI/c1-15(13-19-10-9-16(2)26-19)23-20(21-3)22-14-17-11-12-25(24-17)18-7-5-4-6-8-18;/h4-12,15H,13-14H2,1-3H3,(H2,21,22,23);1H. The largest absolute Gasteiger partial charge is 0.354 e. The third-order valence-corrected chi connectivity index (χ3v) is 5.04. The average molecular weight is 495 g/mol. The fourth-order valence-corrected chi connectivity index (χ4v) is 3.75. The molecule has 144 valence electrons. The lowest BCUT2D eigenvalue weighted by Crippen LogP contribution is -2.42. The van der Waals surface area contributed by atoms with Gasteiger partial charge in [-0.25, -0.2) is 4.68 Å². The second-order valence-electron chi connectivity index (χ2n) is 6.27. The summed E-state index contributed by atoms with van der Waals surface area (Å²) in [4.78, 5) is 7.06. The normalized spacial score (nSPS) is 12.3. The highest BCUT2D eigenvalue weighted by Gasteiger charge is 2.08. The number of nitrogens with zero attached hydrogens (tertiary/aromatic N) is 3. The first-order valence-corrected chi connectivity index (χ1v) is 9.58. The molecule has 2 N–H and O–H groups in total. The topological polar surface area (TPSA) is 54.2 Å². The summed E-state index contributed by atoms with van der Waals surface area (Å²) < 4.78 is 1.88. The van der Waals surface area contributed by atoms with Crippen LogP contribution in [-0.4, -0.2) is 28.8 Å². The Labute approximate surface area is 181 Å². The number of aryl methyl sites for hydroxylation is 1. The molecule has 2 heterocycles. The molecule has 0 amide bonds. The molecule has 0 aliphatic carbocycles. The summed E-state index contributed by atoms with van der Waals surface area (Å²) in [6, 6.07) is 16.8. The first-order chi connectivity index (χ1) is 12.6. The number of hydrogen-bond acceptors (Lipinski definition) is 3. The lowest BCUT2D eigenvalue weighted by molar-refractivity contribution is 0.642. The van der Waals surface area contributed by atoms with Crippen molar-refractivity contribution in [2.75, 3.05) is 7.05 Å². The van der Waals surface area contributed by atoms with E-state index in [0.29, 0.717) is 12.6 Å². The van der Waals surface area contributed by atoms with Gasteiger partial charge in [-0.05, 0) is 44.2 Å². The Hall–Kier alpha value is -1.87. The van der Waals surface area contributed by atoms with Crippen LogP contribution in [0.25, 0.3) is 5.69 Å². The van der Waals surface area contributed by atoms with E-state index in [1.807, 2.05) is 58.6 Å². The van der Waals surface area contributed by atoms with E-state index < -0.39 is 0 Å². The Morgan fingerprint density at radius 1 is 1.19 bits per heavy atom. The van der Waals surface area contributed by atoms with Crippen molar-refractivity contribution in [2.45, 2.75) is 32.9 Å². The molecule has 7 heteroatoms. The average Bonchev–Trinajstić information content (AvgIpc) is 3.28. The second kappa shape index (κ2) is 10.5. The minimum absolute atomic E-state index is 0. The molecule has 3 aromatic rings. The van der Waals surface area contributed by atoms with Crippen LogP contribution in [0.3, 0.4) is 0 Å². The molecule has 0 aliphatic rings. The SMILES string of the molecule is CN=C(NCc1ccn(-c2ccccc2)n1)NC(C)Cc1ccc(C)s1.I. The summed E-state index contributed by atoms with van der Waals surface area (Å²) in [7, 11) is 1.79. The van der Waals surface area contributed by atoms with Crippen LogP contribution in [0.2, 0.25) is 0 Å². The maximum absolute atomic E-state index is 4.61. The van der Waals surface area contributed by atoms with E-state index in [4.69, 9.17) is 0 Å². The fourth-order valence-electron chi connectivity index (χ4n) is 2.73. The molecule has 0 fully saturated rings. The van der Waals surface area contributed by atoms with Crippen LogP contribution in [0.15, 0.2) is 59.7 Å². The van der Waals surface area contributed by atoms with Gasteiger partial charge in [0.1, 0.15) is 0 Å². The van der Waals surface area contributed by atoms with Crippen LogP contribution < -0.4 is 10.6 Å². The molecule has 2 aromatic heterocycles. The molecule has 1 aromatic carbocycles. The first-order valence-electron chi connectivity index (χ1n) is 8.76. The van der Waals surface area contributed by atoms with Crippen molar-refractivity contribution in [3.05, 3.63) is 70.2 Å². The molecule has 27 heavy (non-hydrogen) atoms. The minimum atomic E-state index is 0. The summed E-state index contributed by atoms with van der Waals surface area (Å²) in [5.74, 6) is 0.792. The Morgan fingerprint density at radius 3 is 2.63 bits per heavy atom. The first kappa shape index (κ1) is 21.4. The number of halogens is 1. The molecule has 0 aliphatic heterocycles. The van der Waals surface area contributed by atoms with Crippen molar-refractivity contribution in [1.29, 1.82) is 0 Å². The van der Waals surface area contributed by atoms with Gasteiger partial charge in [0.2, 0.25) is 0 Å². The Morgan fingerprint density at radius 2 is 1.96 bits per heavy atom. The molecule has 0 spiro atoms. The van der Waals surface area contributed by atoms with Gasteiger partial charge in [0.05, 0.1) is 17.9 Å². The van der Waals surface area contributed by atoms with Crippen molar-refractivity contribution in [3.63, 3.8) is 0 Å². The highest BCUT2D eigenvalue weighted by Crippen LogP contribution is 2.16. The van der Waals surface area contributed by atoms with Crippen molar-refractivity contribution >= 4 is 41.3 Å². The molecule has 0 radical (unpaired) electrons. The predicted molar refractivity (Wildman–Crippen MR) is 125 cm³/mol. The van der Waals surface area contributed by atoms with Crippen LogP contribution in [0, 0.1) is 6.92 Å². The predicted octanol–water partition coefficient (Wildman–Crippen LogP) is 4.16. The van der Waals surface area contributed by atoms with E-state index in [-0.39, 0.29) is 24.0 Å². The summed E-state index contributed by atoms with van der Waals surface area (Å²) >= 11 is 1.85. The number of para-hydroxylation sites is 1. The van der Waals surface area contributed by atoms with Gasteiger partial charge < -0.3 is 10.6 Å². The van der Waals surface area contributed by atoms with E-state index >= 15 is 0 Å². The molecule has 0 saturated carbocycles. The fraction of sp³-hybridized carbons (Fsp3) is 0.300. The van der Waals surface area contributed by atoms with Gasteiger partial charge in [-0.2, -0.15) is 5.10 Å². The molecular weight excluding hydrogens is 469 g/mol. The van der Waals surface area contributed by atoms with E-state index in [9.17, 15) is 0 Å². The Balaban J connectivity index is 0.00000261. The Bertz CT molecular complexity index is 856. The maximum Gasteiger partial charge on any atom is 0.191 e. The summed E-state index contributed by atoms with van der Waals surface area (Å²) in [5.41, 5.74) is 2.03. The highest BCUT2D eigenvalue weighted by molar-refractivity contribution is 14.0. The number of aliphatic imine (C=N–C) groups is 1. The van der Waals surface area contributed by atoms with E-state index in [0.717, 1.165) is 23.8 Å². The molecule has 0 saturated heterocycles. The van der Waals surface area contributed by atoms with Crippen LogP contribution >= 0.6 is 35.3 Å². The quantitative estimate of drug-likeness (QED) is 0.307. The van der Waals surface area contributed by atoms with Gasteiger partial charge in [-0.15, -0.1) is 35.3 Å². The number of guanidine groups is 1. The van der Waals surface area contributed by atoms with Crippen LogP contribution in [-0.2, 0) is 13.0 Å². The number of benzene rings is 1. The zero-order valence-corrected chi connectivity index (χ0v) is 19.0.